The number of hydrogen-bond donors (Lipinski definition) is 6. The summed E-state index contributed by atoms with van der Waals surface area (Å²) in [6.07, 6.45) is 24.0. The molecule has 0 saturated carbocycles. The molecule has 2 aromatic rings. The average molecular weight is 723 g/mol. The number of aromatic hydroxyl groups is 2. The Hall–Kier alpha value is -4.08. The van der Waals surface area contributed by atoms with Crippen LogP contribution in [0.5, 0.6) is 11.5 Å². The predicted octanol–water partition coefficient (Wildman–Crippen LogP) is 9.03. The van der Waals surface area contributed by atoms with E-state index >= 15 is 0 Å². The first-order valence-corrected chi connectivity index (χ1v) is 20.1. The predicted molar refractivity (Wildman–Crippen MR) is 208 cm³/mol. The Morgan fingerprint density at radius 1 is 0.442 bits per heavy atom. The number of amides is 4. The third kappa shape index (κ3) is 19.5. The van der Waals surface area contributed by atoms with E-state index in [2.05, 4.69) is 35.6 Å². The number of phenols is 2. The first-order chi connectivity index (χ1) is 25.2. The first kappa shape index (κ1) is 44.1. The van der Waals surface area contributed by atoms with Crippen molar-refractivity contribution in [1.82, 2.24) is 21.7 Å². The highest BCUT2D eigenvalue weighted by Gasteiger charge is 2.14. The zero-order chi connectivity index (χ0) is 37.8. The lowest BCUT2D eigenvalue weighted by Crippen LogP contribution is -2.41. The summed E-state index contributed by atoms with van der Waals surface area (Å²) < 4.78 is 0. The van der Waals surface area contributed by atoms with Gasteiger partial charge in [0, 0.05) is 12.8 Å². The van der Waals surface area contributed by atoms with E-state index in [-0.39, 0.29) is 34.4 Å². The molecule has 0 aliphatic rings. The third-order valence-electron chi connectivity index (χ3n) is 9.44. The number of phenolic OH excluding ortho intramolecular Hbond substituents is 2. The van der Waals surface area contributed by atoms with Crippen LogP contribution in [-0.4, -0.2) is 33.8 Å². The summed E-state index contributed by atoms with van der Waals surface area (Å²) in [7, 11) is 0. The molecule has 4 amide bonds. The van der Waals surface area contributed by atoms with Crippen molar-refractivity contribution in [3.8, 4) is 11.5 Å². The van der Waals surface area contributed by atoms with Crippen LogP contribution in [0.1, 0.15) is 187 Å². The summed E-state index contributed by atoms with van der Waals surface area (Å²) in [5, 5.41) is 20.7. The molecule has 0 heterocycles. The third-order valence-corrected chi connectivity index (χ3v) is 9.44. The minimum absolute atomic E-state index is 0.0837. The number of carbonyl (C=O) groups is 4. The maximum Gasteiger partial charge on any atom is 0.273 e. The number of hydrogen-bond acceptors (Lipinski definition) is 6. The Labute approximate surface area is 312 Å². The van der Waals surface area contributed by atoms with Gasteiger partial charge < -0.3 is 10.2 Å². The van der Waals surface area contributed by atoms with E-state index in [1.54, 1.807) is 24.3 Å². The fraction of sp³-hybridized carbons (Fsp3) is 0.619. The zero-order valence-electron chi connectivity index (χ0n) is 32.0. The number of unbranched alkanes of at least 4 members (excludes halogenated alkanes) is 17. The van der Waals surface area contributed by atoms with Crippen molar-refractivity contribution in [3.05, 3.63) is 58.7 Å². The van der Waals surface area contributed by atoms with Gasteiger partial charge in [0.05, 0.1) is 11.1 Å². The normalized spacial score (nSPS) is 10.9. The van der Waals surface area contributed by atoms with Gasteiger partial charge in [-0.15, -0.1) is 0 Å². The van der Waals surface area contributed by atoms with Crippen molar-refractivity contribution in [2.45, 2.75) is 168 Å². The van der Waals surface area contributed by atoms with Gasteiger partial charge >= 0.3 is 0 Å². The lowest BCUT2D eigenvalue weighted by molar-refractivity contribution is -0.122. The topological polar surface area (TPSA) is 157 Å². The molecule has 0 aromatic heterocycles. The van der Waals surface area contributed by atoms with Gasteiger partial charge in [0.1, 0.15) is 11.5 Å². The second-order valence-corrected chi connectivity index (χ2v) is 14.1. The highest BCUT2D eigenvalue weighted by atomic mass is 16.3. The fourth-order valence-corrected chi connectivity index (χ4v) is 6.21. The standard InChI is InChI=1S/C42H66N4O6/c1-3-5-7-9-15-19-23-33-27-29-35(37(47)31-33)41(51)45-43-39(49)25-21-17-13-11-12-14-18-22-26-40(50)44-46-42(52)36-30-28-34(32-38(36)48)24-20-16-10-8-6-4-2/h27-32,47-48H,3-26H2,1-2H3,(H,43,49)(H,44,50)(H,45,51)(H,46,52). The van der Waals surface area contributed by atoms with Crippen molar-refractivity contribution in [2.75, 3.05) is 0 Å². The summed E-state index contributed by atoms with van der Waals surface area (Å²) in [6, 6.07) is 10.2. The summed E-state index contributed by atoms with van der Waals surface area (Å²) in [6.45, 7) is 4.40. The molecule has 2 rings (SSSR count). The number of rotatable bonds is 27. The molecule has 0 atom stereocenters. The number of nitrogens with one attached hydrogen (secondary N) is 4. The highest BCUT2D eigenvalue weighted by Crippen LogP contribution is 2.22. The molecule has 0 spiro atoms. The lowest BCUT2D eigenvalue weighted by Gasteiger charge is -2.10. The van der Waals surface area contributed by atoms with E-state index in [0.717, 1.165) is 88.2 Å². The van der Waals surface area contributed by atoms with Crippen molar-refractivity contribution in [2.24, 2.45) is 0 Å². The highest BCUT2D eigenvalue weighted by molar-refractivity contribution is 5.98. The van der Waals surface area contributed by atoms with E-state index in [1.165, 1.54) is 51.4 Å². The molecule has 0 radical (unpaired) electrons. The zero-order valence-corrected chi connectivity index (χ0v) is 32.0. The maximum absolute atomic E-state index is 12.5. The van der Waals surface area contributed by atoms with Crippen molar-refractivity contribution < 1.29 is 29.4 Å². The molecular weight excluding hydrogens is 656 g/mol. The molecule has 0 saturated heterocycles. The van der Waals surface area contributed by atoms with Crippen LogP contribution in [-0.2, 0) is 22.4 Å². The first-order valence-electron chi connectivity index (χ1n) is 20.1. The van der Waals surface area contributed by atoms with Crippen LogP contribution in [0.15, 0.2) is 36.4 Å². The largest absolute Gasteiger partial charge is 0.507 e. The van der Waals surface area contributed by atoms with Gasteiger partial charge in [0.15, 0.2) is 0 Å². The SMILES string of the molecule is CCCCCCCCc1ccc(C(=O)NNC(=O)CCCCCCCCCCC(=O)NNC(=O)c2ccc(CCCCCCCC)cc2O)c(O)c1. The van der Waals surface area contributed by atoms with Gasteiger partial charge in [-0.1, -0.05) is 129 Å². The van der Waals surface area contributed by atoms with Gasteiger partial charge in [0.2, 0.25) is 11.8 Å². The summed E-state index contributed by atoms with van der Waals surface area (Å²) >= 11 is 0. The van der Waals surface area contributed by atoms with Gasteiger partial charge in [-0.25, -0.2) is 0 Å². The van der Waals surface area contributed by atoms with Crippen LogP contribution < -0.4 is 21.7 Å². The molecule has 10 nitrogen and oxygen atoms in total. The van der Waals surface area contributed by atoms with Gasteiger partial charge in [-0.2, -0.15) is 0 Å². The summed E-state index contributed by atoms with van der Waals surface area (Å²) in [5.74, 6) is -1.79. The monoisotopic (exact) mass is 722 g/mol. The Bertz CT molecular complexity index is 1250. The van der Waals surface area contributed by atoms with Crippen LogP contribution >= 0.6 is 0 Å². The van der Waals surface area contributed by atoms with E-state index in [9.17, 15) is 29.4 Å². The lowest BCUT2D eigenvalue weighted by atomic mass is 10.0. The molecule has 290 valence electrons. The fourth-order valence-electron chi connectivity index (χ4n) is 6.21. The number of benzene rings is 2. The molecule has 0 aliphatic heterocycles. The Kier molecular flexibility index (Phi) is 23.4. The minimum atomic E-state index is -0.543. The van der Waals surface area contributed by atoms with E-state index in [4.69, 9.17) is 0 Å². The van der Waals surface area contributed by atoms with Crippen LogP contribution in [0.2, 0.25) is 0 Å². The average Bonchev–Trinajstić information content (AvgIpc) is 3.13. The van der Waals surface area contributed by atoms with Gasteiger partial charge in [-0.3, -0.25) is 40.9 Å². The molecule has 52 heavy (non-hydrogen) atoms. The molecule has 10 heteroatoms. The van der Waals surface area contributed by atoms with Crippen LogP contribution in [0.25, 0.3) is 0 Å². The smallest absolute Gasteiger partial charge is 0.273 e. The maximum atomic E-state index is 12.5. The number of carbonyl (C=O) groups excluding carboxylic acids is 4. The van der Waals surface area contributed by atoms with Gasteiger partial charge in [-0.05, 0) is 73.9 Å². The van der Waals surface area contributed by atoms with Crippen LogP contribution in [0.4, 0.5) is 0 Å². The van der Waals surface area contributed by atoms with Crippen molar-refractivity contribution >= 4 is 23.6 Å². The van der Waals surface area contributed by atoms with Crippen molar-refractivity contribution in [1.29, 1.82) is 0 Å². The molecule has 0 unspecified atom stereocenters. The Morgan fingerprint density at radius 3 is 1.12 bits per heavy atom. The summed E-state index contributed by atoms with van der Waals surface area (Å²) in [4.78, 5) is 49.3. The van der Waals surface area contributed by atoms with E-state index < -0.39 is 11.8 Å². The second-order valence-electron chi connectivity index (χ2n) is 14.1. The Morgan fingerprint density at radius 2 is 0.769 bits per heavy atom. The van der Waals surface area contributed by atoms with Gasteiger partial charge in [0.25, 0.3) is 11.8 Å². The minimum Gasteiger partial charge on any atom is -0.507 e. The second kappa shape index (κ2) is 27.6. The van der Waals surface area contributed by atoms with Crippen molar-refractivity contribution in [3.63, 3.8) is 0 Å². The molecule has 0 bridgehead atoms. The summed E-state index contributed by atoms with van der Waals surface area (Å²) in [5.41, 5.74) is 11.9. The number of hydrazine groups is 2. The molecule has 6 N–H and O–H groups in total. The van der Waals surface area contributed by atoms with Crippen LogP contribution in [0.3, 0.4) is 0 Å². The van der Waals surface area contributed by atoms with E-state index in [1.807, 2.05) is 12.1 Å². The van der Waals surface area contributed by atoms with E-state index in [0.29, 0.717) is 25.7 Å². The molecular formula is C42H66N4O6. The molecule has 0 aliphatic carbocycles. The quantitative estimate of drug-likeness (QED) is 0.0399. The molecule has 2 aromatic carbocycles. The molecule has 0 fully saturated rings. The van der Waals surface area contributed by atoms with Crippen LogP contribution in [0, 0.1) is 0 Å². The number of aryl methyl sites for hydroxylation is 2. The Balaban J connectivity index is 1.46.